The molecule has 1 aromatic rings. The number of carbonyl (C=O) groups excluding carboxylic acids is 1. The lowest BCUT2D eigenvalue weighted by molar-refractivity contribution is 0.0513. The van der Waals surface area contributed by atoms with Gasteiger partial charge < -0.3 is 10.5 Å². The molecule has 0 radical (unpaired) electrons. The maximum atomic E-state index is 12.7. The van der Waals surface area contributed by atoms with Crippen LogP contribution in [0.5, 0.6) is 0 Å². The number of ether oxygens (including phenoxy) is 1. The van der Waals surface area contributed by atoms with Crippen LogP contribution in [0.15, 0.2) is 6.07 Å². The Morgan fingerprint density at radius 1 is 1.65 bits per heavy atom. The first kappa shape index (κ1) is 13.6. The number of alkyl halides is 3. The molecule has 0 unspecified atom stereocenters. The summed E-state index contributed by atoms with van der Waals surface area (Å²) in [5.74, 6) is -0.987. The Labute approximate surface area is 102 Å². The van der Waals surface area contributed by atoms with E-state index in [9.17, 15) is 13.6 Å². The Kier molecular flexibility index (Phi) is 4.62. The third kappa shape index (κ3) is 3.03. The molecule has 0 spiro atoms. The molecule has 0 saturated carbocycles. The summed E-state index contributed by atoms with van der Waals surface area (Å²) < 4.78 is 30.0. The summed E-state index contributed by atoms with van der Waals surface area (Å²) in [5.41, 5.74) is 4.77. The van der Waals surface area contributed by atoms with E-state index < -0.39 is 18.1 Å². The highest BCUT2D eigenvalue weighted by atomic mass is 35.5. The molecule has 1 heterocycles. The largest absolute Gasteiger partial charge is 0.462 e. The summed E-state index contributed by atoms with van der Waals surface area (Å²) in [4.78, 5) is 15.0. The van der Waals surface area contributed by atoms with Gasteiger partial charge in [-0.3, -0.25) is 0 Å². The minimum absolute atomic E-state index is 0.0191. The summed E-state index contributed by atoms with van der Waals surface area (Å²) >= 11 is 5.56. The molecule has 0 amide bonds. The van der Waals surface area contributed by atoms with Crippen LogP contribution in [0.4, 0.5) is 14.6 Å². The van der Waals surface area contributed by atoms with Crippen molar-refractivity contribution in [1.29, 1.82) is 0 Å². The molecule has 7 heteroatoms. The number of anilines is 1. The van der Waals surface area contributed by atoms with E-state index >= 15 is 0 Å². The Balaban J connectivity index is 3.28. The van der Waals surface area contributed by atoms with E-state index in [-0.39, 0.29) is 23.9 Å². The molecule has 0 saturated heterocycles. The van der Waals surface area contributed by atoms with Crippen LogP contribution < -0.4 is 5.73 Å². The van der Waals surface area contributed by atoms with Crippen molar-refractivity contribution in [2.24, 2.45) is 0 Å². The van der Waals surface area contributed by atoms with Crippen LogP contribution in [0, 0.1) is 0 Å². The monoisotopic (exact) mass is 264 g/mol. The Morgan fingerprint density at radius 2 is 2.29 bits per heavy atom. The topological polar surface area (TPSA) is 65.2 Å². The van der Waals surface area contributed by atoms with Crippen molar-refractivity contribution in [2.45, 2.75) is 19.2 Å². The number of rotatable bonds is 4. The number of nitrogens with two attached hydrogens (primary N) is 1. The quantitative estimate of drug-likeness (QED) is 0.670. The molecule has 0 bridgehead atoms. The number of nitrogen functional groups attached to an aromatic ring is 1. The van der Waals surface area contributed by atoms with Gasteiger partial charge in [-0.1, -0.05) is 0 Å². The van der Waals surface area contributed by atoms with Gasteiger partial charge >= 0.3 is 5.97 Å². The Hall–Kier alpha value is -1.43. The van der Waals surface area contributed by atoms with Gasteiger partial charge in [0.25, 0.3) is 6.43 Å². The highest BCUT2D eigenvalue weighted by Crippen LogP contribution is 2.25. The second-order valence-electron chi connectivity index (χ2n) is 3.12. The zero-order chi connectivity index (χ0) is 13.0. The third-order valence-corrected chi connectivity index (χ3v) is 2.30. The molecular weight excluding hydrogens is 254 g/mol. The zero-order valence-corrected chi connectivity index (χ0v) is 9.80. The highest BCUT2D eigenvalue weighted by molar-refractivity contribution is 6.17. The minimum Gasteiger partial charge on any atom is -0.462 e. The van der Waals surface area contributed by atoms with Gasteiger partial charge in [-0.25, -0.2) is 18.6 Å². The van der Waals surface area contributed by atoms with E-state index in [1.165, 1.54) is 6.07 Å². The zero-order valence-electron chi connectivity index (χ0n) is 9.04. The summed E-state index contributed by atoms with van der Waals surface area (Å²) in [6, 6.07) is 1.19. The molecule has 1 aromatic heterocycles. The smallest absolute Gasteiger partial charge is 0.340 e. The molecule has 2 N–H and O–H groups in total. The first-order valence-electron chi connectivity index (χ1n) is 4.81. The van der Waals surface area contributed by atoms with E-state index in [1.54, 1.807) is 6.92 Å². The van der Waals surface area contributed by atoms with Crippen LogP contribution in [0.2, 0.25) is 0 Å². The third-order valence-electron chi connectivity index (χ3n) is 2.01. The fraction of sp³-hybridized carbons (Fsp3) is 0.400. The summed E-state index contributed by atoms with van der Waals surface area (Å²) in [6.45, 7) is 1.66. The second kappa shape index (κ2) is 5.77. The molecule has 0 aliphatic heterocycles. The number of hydrogen-bond acceptors (Lipinski definition) is 4. The van der Waals surface area contributed by atoms with Crippen LogP contribution >= 0.6 is 11.6 Å². The summed E-state index contributed by atoms with van der Waals surface area (Å²) in [5, 5.41) is 0. The first-order valence-corrected chi connectivity index (χ1v) is 5.35. The molecule has 4 nitrogen and oxygen atoms in total. The van der Waals surface area contributed by atoms with Crippen molar-refractivity contribution in [3.05, 3.63) is 22.9 Å². The van der Waals surface area contributed by atoms with E-state index in [4.69, 9.17) is 17.3 Å². The Morgan fingerprint density at radius 3 is 2.76 bits per heavy atom. The van der Waals surface area contributed by atoms with Gasteiger partial charge in [0.15, 0.2) is 0 Å². The Bertz CT molecular complexity index is 427. The molecule has 0 aliphatic rings. The first-order chi connectivity index (χ1) is 8.01. The fourth-order valence-corrected chi connectivity index (χ4v) is 1.44. The van der Waals surface area contributed by atoms with E-state index in [0.29, 0.717) is 5.56 Å². The highest BCUT2D eigenvalue weighted by Gasteiger charge is 2.23. The lowest BCUT2D eigenvalue weighted by Gasteiger charge is -2.10. The van der Waals surface area contributed by atoms with Gasteiger partial charge in [0.1, 0.15) is 11.5 Å². The molecule has 0 atom stereocenters. The molecule has 0 aliphatic carbocycles. The van der Waals surface area contributed by atoms with Crippen molar-refractivity contribution in [2.75, 3.05) is 12.3 Å². The van der Waals surface area contributed by atoms with E-state index in [1.807, 2.05) is 0 Å². The fourth-order valence-electron chi connectivity index (χ4n) is 1.23. The summed E-state index contributed by atoms with van der Waals surface area (Å²) in [7, 11) is 0. The van der Waals surface area contributed by atoms with Crippen molar-refractivity contribution in [3.8, 4) is 0 Å². The van der Waals surface area contributed by atoms with Crippen LogP contribution in [0.3, 0.4) is 0 Å². The maximum absolute atomic E-state index is 12.7. The molecule has 94 valence electrons. The summed E-state index contributed by atoms with van der Waals surface area (Å²) in [6.07, 6.45) is -2.90. The SMILES string of the molecule is CCOC(=O)c1cc(CCl)c(N)nc1C(F)F. The predicted octanol–water partition coefficient (Wildman–Crippen LogP) is 2.52. The van der Waals surface area contributed by atoms with Gasteiger partial charge in [0.2, 0.25) is 0 Å². The van der Waals surface area contributed by atoms with Crippen LogP contribution in [-0.4, -0.2) is 17.6 Å². The number of pyridine rings is 1. The van der Waals surface area contributed by atoms with E-state index in [2.05, 4.69) is 9.72 Å². The molecule has 0 fully saturated rings. The van der Waals surface area contributed by atoms with Crippen molar-refractivity contribution >= 4 is 23.4 Å². The average Bonchev–Trinajstić information content (AvgIpc) is 2.28. The van der Waals surface area contributed by atoms with Crippen LogP contribution in [0.25, 0.3) is 0 Å². The van der Waals surface area contributed by atoms with Crippen molar-refractivity contribution in [1.82, 2.24) is 4.98 Å². The van der Waals surface area contributed by atoms with Gasteiger partial charge in [0, 0.05) is 5.56 Å². The minimum atomic E-state index is -2.90. The molecule has 0 aromatic carbocycles. The van der Waals surface area contributed by atoms with Crippen LogP contribution in [0.1, 0.15) is 35.0 Å². The maximum Gasteiger partial charge on any atom is 0.340 e. The number of hydrogen-bond donors (Lipinski definition) is 1. The number of nitrogens with zero attached hydrogens (tertiary/aromatic N) is 1. The normalized spacial score (nSPS) is 10.6. The molecule has 17 heavy (non-hydrogen) atoms. The van der Waals surface area contributed by atoms with Crippen LogP contribution in [-0.2, 0) is 10.6 Å². The number of carbonyl (C=O) groups is 1. The van der Waals surface area contributed by atoms with Gasteiger partial charge in [0.05, 0.1) is 18.1 Å². The van der Waals surface area contributed by atoms with Gasteiger partial charge in [-0.05, 0) is 13.0 Å². The lowest BCUT2D eigenvalue weighted by Crippen LogP contribution is -2.13. The van der Waals surface area contributed by atoms with E-state index in [0.717, 1.165) is 0 Å². The standard InChI is InChI=1S/C10H11ClF2N2O2/c1-2-17-10(16)6-3-5(4-11)9(14)15-7(6)8(12)13/h3,8H,2,4H2,1H3,(H2,14,15). The van der Waals surface area contributed by atoms with Gasteiger partial charge in [-0.15, -0.1) is 11.6 Å². The van der Waals surface area contributed by atoms with Crippen molar-refractivity contribution < 1.29 is 18.3 Å². The van der Waals surface area contributed by atoms with Gasteiger partial charge in [-0.2, -0.15) is 0 Å². The predicted molar refractivity (Wildman–Crippen MR) is 59.1 cm³/mol. The lowest BCUT2D eigenvalue weighted by atomic mass is 10.1. The number of halogens is 3. The average molecular weight is 265 g/mol. The molecule has 1 rings (SSSR count). The number of aromatic nitrogens is 1. The number of esters is 1. The van der Waals surface area contributed by atoms with Crippen molar-refractivity contribution in [3.63, 3.8) is 0 Å². The second-order valence-corrected chi connectivity index (χ2v) is 3.39. The molecular formula is C10H11ClF2N2O2.